The van der Waals surface area contributed by atoms with Gasteiger partial charge in [-0.1, -0.05) is 88.9 Å². The maximum Gasteiger partial charge on any atom is 0.494 e. The lowest BCUT2D eigenvalue weighted by Crippen LogP contribution is -2.41. The van der Waals surface area contributed by atoms with Gasteiger partial charge in [0.1, 0.15) is 0 Å². The third-order valence-electron chi connectivity index (χ3n) is 9.04. The monoisotopic (exact) mass is 531 g/mol. The first-order valence-corrected chi connectivity index (χ1v) is 14.3. The second kappa shape index (κ2) is 9.94. The van der Waals surface area contributed by atoms with Crippen molar-refractivity contribution in [1.82, 2.24) is 0 Å². The minimum atomic E-state index is -0.401. The Morgan fingerprint density at radius 2 is 1.38 bits per heavy atom. The topological polar surface area (TPSA) is 21.7 Å². The lowest BCUT2D eigenvalue weighted by molar-refractivity contribution is 0.00578. The molecule has 0 atom stereocenters. The van der Waals surface area contributed by atoms with Gasteiger partial charge < -0.3 is 14.2 Å². The second-order valence-corrected chi connectivity index (χ2v) is 12.9. The Morgan fingerprint density at radius 3 is 1.98 bits per heavy atom. The normalized spacial score (nSPS) is 18.4. The van der Waals surface area contributed by atoms with Crippen LogP contribution >= 0.6 is 0 Å². The molecule has 0 amide bonds. The molecule has 4 heteroatoms. The van der Waals surface area contributed by atoms with Crippen molar-refractivity contribution in [2.24, 2.45) is 5.92 Å². The molecule has 0 bridgehead atoms. The Hall–Kier alpha value is -3.34. The number of hydrogen-bond donors (Lipinski definition) is 0. The van der Waals surface area contributed by atoms with E-state index in [1.165, 1.54) is 22.3 Å². The van der Waals surface area contributed by atoms with Gasteiger partial charge in [0.2, 0.25) is 0 Å². The first kappa shape index (κ1) is 28.2. The highest BCUT2D eigenvalue weighted by molar-refractivity contribution is 6.62. The zero-order valence-corrected chi connectivity index (χ0v) is 25.3. The van der Waals surface area contributed by atoms with Crippen LogP contribution in [0.15, 0.2) is 103 Å². The summed E-state index contributed by atoms with van der Waals surface area (Å²) >= 11 is 0. The quantitative estimate of drug-likeness (QED) is 0.225. The summed E-state index contributed by atoms with van der Waals surface area (Å²) in [7, 11) is -0.401. The zero-order chi connectivity index (χ0) is 29.0. The Bertz CT molecular complexity index is 1480. The molecule has 0 N–H and O–H groups in total. The van der Waals surface area contributed by atoms with Gasteiger partial charge in [-0.05, 0) is 97.7 Å². The molecule has 1 fully saturated rings. The molecule has 1 heterocycles. The van der Waals surface area contributed by atoms with Crippen LogP contribution in [0, 0.1) is 5.92 Å². The van der Waals surface area contributed by atoms with E-state index < -0.39 is 7.12 Å². The lowest BCUT2D eigenvalue weighted by atomic mass is 9.79. The minimum Gasteiger partial charge on any atom is -0.399 e. The molecule has 2 aliphatic rings. The highest BCUT2D eigenvalue weighted by Gasteiger charge is 2.51. The summed E-state index contributed by atoms with van der Waals surface area (Å²) in [5.41, 5.74) is 9.64. The molecule has 3 aromatic carbocycles. The van der Waals surface area contributed by atoms with Crippen LogP contribution in [0.25, 0.3) is 11.1 Å². The van der Waals surface area contributed by atoms with Crippen molar-refractivity contribution >= 4 is 24.0 Å². The summed E-state index contributed by atoms with van der Waals surface area (Å²) in [5.74, 6) is 0.330. The number of allylic oxidation sites excluding steroid dienone is 3. The third kappa shape index (κ3) is 4.68. The molecular weight excluding hydrogens is 489 g/mol. The van der Waals surface area contributed by atoms with Crippen LogP contribution in [-0.4, -0.2) is 18.3 Å². The predicted octanol–water partition coefficient (Wildman–Crippen LogP) is 8.71. The highest BCUT2D eigenvalue weighted by Crippen LogP contribution is 2.50. The van der Waals surface area contributed by atoms with Crippen molar-refractivity contribution in [3.63, 3.8) is 0 Å². The van der Waals surface area contributed by atoms with E-state index in [2.05, 4.69) is 146 Å². The van der Waals surface area contributed by atoms with Crippen LogP contribution in [0.1, 0.15) is 66.5 Å². The molecule has 0 radical (unpaired) electrons. The molecule has 40 heavy (non-hydrogen) atoms. The van der Waals surface area contributed by atoms with Crippen molar-refractivity contribution in [3.8, 4) is 11.1 Å². The molecule has 5 rings (SSSR count). The van der Waals surface area contributed by atoms with Crippen molar-refractivity contribution in [1.29, 1.82) is 0 Å². The molecule has 0 spiro atoms. The molecule has 3 aromatic rings. The van der Waals surface area contributed by atoms with E-state index in [-0.39, 0.29) is 16.6 Å². The standard InChI is InChI=1S/C36H42BNO2/c1-11-27(22-25(4)24(2)3)38(28-18-16-26(17-19-28)37-39-35(7,8)36(9,10)40-37)29-20-21-31-30-14-12-13-15-32(30)34(5,6)33(31)23-29/h11-24H,1,4H2,2-3,5-10H3/b27-22+. The molecule has 0 unspecified atom stereocenters. The largest absolute Gasteiger partial charge is 0.494 e. The first-order valence-electron chi connectivity index (χ1n) is 14.3. The SMILES string of the molecule is C=C/C(=C\C(=C)C(C)C)N(c1ccc(B2OC(C)(C)C(C)(C)O2)cc1)c1ccc2c(c1)C(C)(C)c1ccccc1-2. The van der Waals surface area contributed by atoms with E-state index in [1.54, 1.807) is 0 Å². The van der Waals surface area contributed by atoms with Gasteiger partial charge in [-0.3, -0.25) is 0 Å². The van der Waals surface area contributed by atoms with Crippen LogP contribution < -0.4 is 10.4 Å². The number of hydrogen-bond acceptors (Lipinski definition) is 3. The van der Waals surface area contributed by atoms with Crippen LogP contribution in [0.5, 0.6) is 0 Å². The van der Waals surface area contributed by atoms with E-state index in [0.717, 1.165) is 28.1 Å². The maximum absolute atomic E-state index is 6.31. The summed E-state index contributed by atoms with van der Waals surface area (Å²) in [6.45, 7) is 25.8. The minimum absolute atomic E-state index is 0.0895. The number of rotatable bonds is 7. The average Bonchev–Trinajstić information content (AvgIpc) is 3.28. The number of nitrogens with zero attached hydrogens (tertiary/aromatic N) is 1. The van der Waals surface area contributed by atoms with Gasteiger partial charge >= 0.3 is 7.12 Å². The molecule has 0 saturated carbocycles. The molecule has 206 valence electrons. The van der Waals surface area contributed by atoms with Gasteiger partial charge in [0.25, 0.3) is 0 Å². The van der Waals surface area contributed by atoms with Gasteiger partial charge in [-0.2, -0.15) is 0 Å². The van der Waals surface area contributed by atoms with Crippen LogP contribution in [0.4, 0.5) is 11.4 Å². The molecule has 1 aliphatic heterocycles. The van der Waals surface area contributed by atoms with Crippen molar-refractivity contribution < 1.29 is 9.31 Å². The lowest BCUT2D eigenvalue weighted by Gasteiger charge is -2.32. The Labute approximate surface area is 241 Å². The Kier molecular flexibility index (Phi) is 7.01. The first-order chi connectivity index (χ1) is 18.8. The van der Waals surface area contributed by atoms with Crippen LogP contribution in [0.3, 0.4) is 0 Å². The Morgan fingerprint density at radius 1 is 0.800 bits per heavy atom. The van der Waals surface area contributed by atoms with Crippen molar-refractivity contribution in [2.45, 2.75) is 72.0 Å². The summed E-state index contributed by atoms with van der Waals surface area (Å²) in [6, 6.07) is 24.1. The number of fused-ring (bicyclic) bond motifs is 3. The second-order valence-electron chi connectivity index (χ2n) is 12.9. The summed E-state index contributed by atoms with van der Waals surface area (Å²) in [6.07, 6.45) is 4.07. The van der Waals surface area contributed by atoms with Gasteiger partial charge in [-0.25, -0.2) is 0 Å². The third-order valence-corrected chi connectivity index (χ3v) is 9.04. The fourth-order valence-corrected chi connectivity index (χ4v) is 5.61. The summed E-state index contributed by atoms with van der Waals surface area (Å²) in [5, 5.41) is 0. The fraction of sp³-hybridized carbons (Fsp3) is 0.333. The van der Waals surface area contributed by atoms with Crippen molar-refractivity contribution in [2.75, 3.05) is 4.90 Å². The van der Waals surface area contributed by atoms with Crippen LogP contribution in [-0.2, 0) is 14.7 Å². The van der Waals surface area contributed by atoms with Gasteiger partial charge in [-0.15, -0.1) is 0 Å². The summed E-state index contributed by atoms with van der Waals surface area (Å²) in [4.78, 5) is 2.27. The molecule has 3 nitrogen and oxygen atoms in total. The van der Waals surface area contributed by atoms with E-state index in [9.17, 15) is 0 Å². The average molecular weight is 532 g/mol. The van der Waals surface area contributed by atoms with E-state index in [0.29, 0.717) is 5.92 Å². The zero-order valence-electron chi connectivity index (χ0n) is 25.3. The Balaban J connectivity index is 1.59. The van der Waals surface area contributed by atoms with E-state index in [4.69, 9.17) is 9.31 Å². The van der Waals surface area contributed by atoms with Crippen LogP contribution in [0.2, 0.25) is 0 Å². The smallest absolute Gasteiger partial charge is 0.399 e. The molecular formula is C36H42BNO2. The van der Waals surface area contributed by atoms with Gasteiger partial charge in [0.05, 0.1) is 11.2 Å². The summed E-state index contributed by atoms with van der Waals surface area (Å²) < 4.78 is 12.6. The predicted molar refractivity (Wildman–Crippen MR) is 171 cm³/mol. The van der Waals surface area contributed by atoms with Gasteiger partial charge in [0.15, 0.2) is 0 Å². The van der Waals surface area contributed by atoms with Crippen molar-refractivity contribution in [3.05, 3.63) is 114 Å². The number of anilines is 2. The number of benzene rings is 3. The van der Waals surface area contributed by atoms with Gasteiger partial charge in [0, 0.05) is 22.5 Å². The fourth-order valence-electron chi connectivity index (χ4n) is 5.61. The molecule has 1 saturated heterocycles. The van der Waals surface area contributed by atoms with E-state index in [1.807, 2.05) is 6.08 Å². The molecule has 0 aromatic heterocycles. The maximum atomic E-state index is 6.31. The molecule has 1 aliphatic carbocycles. The van der Waals surface area contributed by atoms with E-state index >= 15 is 0 Å². The highest BCUT2D eigenvalue weighted by atomic mass is 16.7.